The molecule has 0 atom stereocenters. The molecule has 0 aliphatic carbocycles. The average molecular weight is 260 g/mol. The zero-order valence-corrected chi connectivity index (χ0v) is 8.52. The highest BCUT2D eigenvalue weighted by molar-refractivity contribution is 9.10. The van der Waals surface area contributed by atoms with Gasteiger partial charge in [-0.25, -0.2) is 4.79 Å². The first-order valence-corrected chi connectivity index (χ1v) is 4.43. The van der Waals surface area contributed by atoms with Crippen LogP contribution in [0.15, 0.2) is 22.7 Å². The molecule has 1 aromatic rings. The van der Waals surface area contributed by atoms with Gasteiger partial charge in [-0.05, 0) is 18.2 Å². The summed E-state index contributed by atoms with van der Waals surface area (Å²) in [5.41, 5.74) is 0.403. The lowest BCUT2D eigenvalue weighted by Crippen LogP contribution is -2.02. The molecule has 0 aromatic heterocycles. The molecule has 0 radical (unpaired) electrons. The minimum atomic E-state index is -1.10. The number of hydrogen-bond acceptors (Lipinski definition) is 3. The van der Waals surface area contributed by atoms with Gasteiger partial charge in [-0.15, -0.1) is 0 Å². The molecule has 1 aromatic carbocycles. The Bertz CT molecular complexity index is 391. The number of benzene rings is 1. The Morgan fingerprint density at radius 1 is 1.57 bits per heavy atom. The van der Waals surface area contributed by atoms with Gasteiger partial charge in [-0.3, -0.25) is 10.1 Å². The molecule has 0 heterocycles. The van der Waals surface area contributed by atoms with E-state index in [1.54, 1.807) is 0 Å². The summed E-state index contributed by atoms with van der Waals surface area (Å²) >= 11 is 3.11. The van der Waals surface area contributed by atoms with E-state index in [-0.39, 0.29) is 12.1 Å². The molecule has 74 valence electrons. The van der Waals surface area contributed by atoms with E-state index in [9.17, 15) is 14.9 Å². The summed E-state index contributed by atoms with van der Waals surface area (Å²) in [6, 6.07) is 4.16. The molecule has 0 spiro atoms. The zero-order chi connectivity index (χ0) is 10.7. The third-order valence-corrected chi connectivity index (χ3v) is 2.37. The highest BCUT2D eigenvalue weighted by Gasteiger charge is 2.10. The van der Waals surface area contributed by atoms with Crippen LogP contribution < -0.4 is 0 Å². The number of carboxylic acids is 1. The van der Waals surface area contributed by atoms with Gasteiger partial charge in [0.05, 0.1) is 5.56 Å². The number of aromatic carboxylic acids is 1. The Balaban J connectivity index is 3.08. The van der Waals surface area contributed by atoms with Gasteiger partial charge in [-0.1, -0.05) is 15.9 Å². The summed E-state index contributed by atoms with van der Waals surface area (Å²) in [6.45, 7) is -0.387. The van der Waals surface area contributed by atoms with E-state index >= 15 is 0 Å². The van der Waals surface area contributed by atoms with Crippen molar-refractivity contribution in [3.05, 3.63) is 43.9 Å². The van der Waals surface area contributed by atoms with Crippen LogP contribution in [0.25, 0.3) is 0 Å². The van der Waals surface area contributed by atoms with Crippen molar-refractivity contribution in [3.8, 4) is 0 Å². The van der Waals surface area contributed by atoms with Gasteiger partial charge in [-0.2, -0.15) is 0 Å². The predicted molar refractivity (Wildman–Crippen MR) is 51.8 cm³/mol. The van der Waals surface area contributed by atoms with Crippen molar-refractivity contribution in [1.29, 1.82) is 0 Å². The van der Waals surface area contributed by atoms with Gasteiger partial charge in [0.25, 0.3) is 0 Å². The number of halogens is 1. The van der Waals surface area contributed by atoms with Crippen LogP contribution in [0.5, 0.6) is 0 Å². The van der Waals surface area contributed by atoms with Gasteiger partial charge in [0.2, 0.25) is 6.54 Å². The number of rotatable bonds is 3. The Labute approximate surface area is 87.6 Å². The first-order chi connectivity index (χ1) is 6.50. The second kappa shape index (κ2) is 4.19. The molecule has 0 aliphatic heterocycles. The maximum Gasteiger partial charge on any atom is 0.335 e. The lowest BCUT2D eigenvalue weighted by molar-refractivity contribution is -0.497. The van der Waals surface area contributed by atoms with Gasteiger partial charge in [0, 0.05) is 15.0 Å². The normalized spacial score (nSPS) is 9.79. The molecule has 1 N–H and O–H groups in total. The van der Waals surface area contributed by atoms with Crippen LogP contribution in [0.1, 0.15) is 15.9 Å². The van der Waals surface area contributed by atoms with Gasteiger partial charge >= 0.3 is 5.97 Å². The first kappa shape index (κ1) is 10.6. The number of hydrogen-bond donors (Lipinski definition) is 1. The fourth-order valence-corrected chi connectivity index (χ4v) is 1.34. The van der Waals surface area contributed by atoms with Crippen molar-refractivity contribution in [2.45, 2.75) is 6.54 Å². The fraction of sp³-hybridized carbons (Fsp3) is 0.125. The number of nitrogens with zero attached hydrogens (tertiary/aromatic N) is 1. The molecule has 6 heteroatoms. The fourth-order valence-electron chi connectivity index (χ4n) is 0.968. The Morgan fingerprint density at radius 2 is 2.21 bits per heavy atom. The quantitative estimate of drug-likeness (QED) is 0.665. The standard InChI is InChI=1S/C8H6BrNO4/c9-7-2-1-5(8(11)12)3-6(7)4-10(13)14/h1-3H,4H2,(H,11,12). The number of carbonyl (C=O) groups is 1. The monoisotopic (exact) mass is 259 g/mol. The van der Waals surface area contributed by atoms with Crippen LogP contribution in [0.4, 0.5) is 0 Å². The Kier molecular flexibility index (Phi) is 3.19. The maximum atomic E-state index is 10.6. The predicted octanol–water partition coefficient (Wildman–Crippen LogP) is 1.92. The third kappa shape index (κ3) is 2.53. The highest BCUT2D eigenvalue weighted by Crippen LogP contribution is 2.19. The summed E-state index contributed by atoms with van der Waals surface area (Å²) < 4.78 is 0.541. The molecule has 0 bridgehead atoms. The van der Waals surface area contributed by atoms with E-state index in [4.69, 9.17) is 5.11 Å². The first-order valence-electron chi connectivity index (χ1n) is 3.64. The van der Waals surface area contributed by atoms with E-state index in [0.29, 0.717) is 10.0 Å². The molecule has 14 heavy (non-hydrogen) atoms. The summed E-state index contributed by atoms with van der Waals surface area (Å²) in [4.78, 5) is 20.3. The minimum absolute atomic E-state index is 0.0463. The van der Waals surface area contributed by atoms with Crippen LogP contribution in [0.3, 0.4) is 0 Å². The van der Waals surface area contributed by atoms with E-state index < -0.39 is 10.9 Å². The topological polar surface area (TPSA) is 80.4 Å². The smallest absolute Gasteiger partial charge is 0.335 e. The molecule has 0 fully saturated rings. The molecule has 0 saturated carbocycles. The Morgan fingerprint density at radius 3 is 2.71 bits per heavy atom. The van der Waals surface area contributed by atoms with E-state index in [2.05, 4.69) is 15.9 Å². The average Bonchev–Trinajstić information content (AvgIpc) is 2.07. The lowest BCUT2D eigenvalue weighted by Gasteiger charge is -2.00. The van der Waals surface area contributed by atoms with Crippen molar-refractivity contribution >= 4 is 21.9 Å². The van der Waals surface area contributed by atoms with Crippen LogP contribution in [0, 0.1) is 10.1 Å². The van der Waals surface area contributed by atoms with E-state index in [1.807, 2.05) is 0 Å². The van der Waals surface area contributed by atoms with Crippen molar-refractivity contribution in [3.63, 3.8) is 0 Å². The maximum absolute atomic E-state index is 10.6. The summed E-state index contributed by atoms with van der Waals surface area (Å²) in [5.74, 6) is -1.10. The van der Waals surface area contributed by atoms with Gasteiger partial charge in [0.1, 0.15) is 0 Å². The molecular weight excluding hydrogens is 254 g/mol. The molecule has 0 unspecified atom stereocenters. The molecule has 0 aliphatic rings. The zero-order valence-electron chi connectivity index (χ0n) is 6.94. The largest absolute Gasteiger partial charge is 0.478 e. The molecule has 0 saturated heterocycles. The number of nitro groups is 1. The van der Waals surface area contributed by atoms with Gasteiger partial charge in [0.15, 0.2) is 0 Å². The van der Waals surface area contributed by atoms with Crippen molar-refractivity contribution in [2.24, 2.45) is 0 Å². The second-order valence-corrected chi connectivity index (χ2v) is 3.46. The van der Waals surface area contributed by atoms with Crippen molar-refractivity contribution < 1.29 is 14.8 Å². The summed E-state index contributed by atoms with van der Waals surface area (Å²) in [6.07, 6.45) is 0. The van der Waals surface area contributed by atoms with Crippen molar-refractivity contribution in [2.75, 3.05) is 0 Å². The van der Waals surface area contributed by atoms with Crippen LogP contribution >= 0.6 is 15.9 Å². The minimum Gasteiger partial charge on any atom is -0.478 e. The van der Waals surface area contributed by atoms with Crippen LogP contribution in [-0.2, 0) is 6.54 Å². The van der Waals surface area contributed by atoms with Gasteiger partial charge < -0.3 is 5.11 Å². The second-order valence-electron chi connectivity index (χ2n) is 2.60. The molecular formula is C8H6BrNO4. The summed E-state index contributed by atoms with van der Waals surface area (Å²) in [5, 5.41) is 18.9. The lowest BCUT2D eigenvalue weighted by atomic mass is 10.1. The molecule has 1 rings (SSSR count). The summed E-state index contributed by atoms with van der Waals surface area (Å²) in [7, 11) is 0. The van der Waals surface area contributed by atoms with Crippen molar-refractivity contribution in [1.82, 2.24) is 0 Å². The highest BCUT2D eigenvalue weighted by atomic mass is 79.9. The van der Waals surface area contributed by atoms with E-state index in [0.717, 1.165) is 0 Å². The molecule has 5 nitrogen and oxygen atoms in total. The third-order valence-electron chi connectivity index (χ3n) is 1.59. The van der Waals surface area contributed by atoms with Crippen LogP contribution in [0.2, 0.25) is 0 Å². The molecule has 0 amide bonds. The van der Waals surface area contributed by atoms with E-state index in [1.165, 1.54) is 18.2 Å². The SMILES string of the molecule is O=C(O)c1ccc(Br)c(C[N+](=O)[O-])c1. The van der Waals surface area contributed by atoms with Crippen LogP contribution in [-0.4, -0.2) is 16.0 Å². The Hall–Kier alpha value is -1.43. The number of carboxylic acid groups (broad SMARTS) is 1.